The largest absolute Gasteiger partial charge is 0.493 e. The maximum atomic E-state index is 12.4. The molecule has 0 bridgehead atoms. The summed E-state index contributed by atoms with van der Waals surface area (Å²) in [5.74, 6) is 0.159. The Bertz CT molecular complexity index is 1320. The van der Waals surface area contributed by atoms with E-state index in [-0.39, 0.29) is 11.7 Å². The van der Waals surface area contributed by atoms with Crippen molar-refractivity contribution in [3.05, 3.63) is 83.4 Å². The second-order valence-corrected chi connectivity index (χ2v) is 9.45. The van der Waals surface area contributed by atoms with Crippen molar-refractivity contribution >= 4 is 51.4 Å². The Morgan fingerprint density at radius 1 is 1.09 bits per heavy atom. The van der Waals surface area contributed by atoms with Crippen LogP contribution in [0.4, 0.5) is 0 Å². The number of methoxy groups -OCH3 is 1. The molecule has 7 nitrogen and oxygen atoms in total. The lowest BCUT2D eigenvalue weighted by Crippen LogP contribution is -2.19. The highest BCUT2D eigenvalue weighted by Gasteiger charge is 2.13. The van der Waals surface area contributed by atoms with Gasteiger partial charge in [0, 0.05) is 0 Å². The van der Waals surface area contributed by atoms with Gasteiger partial charge >= 0.3 is 5.97 Å². The summed E-state index contributed by atoms with van der Waals surface area (Å²) in [5, 5.41) is 4.00. The molecule has 34 heavy (non-hydrogen) atoms. The summed E-state index contributed by atoms with van der Waals surface area (Å²) in [5.41, 5.74) is 5.61. The molecule has 0 fully saturated rings. The minimum Gasteiger partial charge on any atom is -0.493 e. The number of thiazole rings is 1. The molecule has 3 aromatic carbocycles. The Kier molecular flexibility index (Phi) is 7.56. The van der Waals surface area contributed by atoms with Crippen molar-refractivity contribution in [1.29, 1.82) is 0 Å². The number of aromatic nitrogens is 1. The second kappa shape index (κ2) is 11.0. The predicted octanol–water partition coefficient (Wildman–Crippen LogP) is 5.07. The Labute approximate surface area is 204 Å². The Morgan fingerprint density at radius 3 is 2.65 bits per heavy atom. The van der Waals surface area contributed by atoms with E-state index in [0.29, 0.717) is 22.6 Å². The molecule has 0 aliphatic carbocycles. The van der Waals surface area contributed by atoms with Gasteiger partial charge < -0.3 is 9.47 Å². The van der Waals surface area contributed by atoms with Crippen LogP contribution in [0.2, 0.25) is 0 Å². The van der Waals surface area contributed by atoms with Crippen LogP contribution in [0.5, 0.6) is 11.5 Å². The number of nitrogens with one attached hydrogen (secondary N) is 1. The van der Waals surface area contributed by atoms with E-state index in [4.69, 9.17) is 9.47 Å². The number of nitrogens with zero attached hydrogens (tertiary/aromatic N) is 2. The van der Waals surface area contributed by atoms with E-state index in [2.05, 4.69) is 15.5 Å². The molecule has 0 spiro atoms. The SMILES string of the molecule is COc1cc(/C=N/NC(=O)CSc2nc3ccccc3s2)ccc1OC(=O)c1ccc(C)cc1. The lowest BCUT2D eigenvalue weighted by molar-refractivity contribution is -0.118. The van der Waals surface area contributed by atoms with Crippen LogP contribution < -0.4 is 14.9 Å². The van der Waals surface area contributed by atoms with Crippen LogP contribution in [0.1, 0.15) is 21.5 Å². The fourth-order valence-corrected chi connectivity index (χ4v) is 4.81. The maximum absolute atomic E-state index is 12.4. The number of hydrogen-bond acceptors (Lipinski definition) is 8. The van der Waals surface area contributed by atoms with E-state index in [1.54, 1.807) is 41.7 Å². The molecule has 9 heteroatoms. The minimum absolute atomic E-state index is 0.203. The van der Waals surface area contributed by atoms with Crippen LogP contribution in [0.25, 0.3) is 10.2 Å². The van der Waals surface area contributed by atoms with Gasteiger partial charge in [0.1, 0.15) is 0 Å². The van der Waals surface area contributed by atoms with Gasteiger partial charge in [-0.25, -0.2) is 15.2 Å². The normalized spacial score (nSPS) is 11.0. The minimum atomic E-state index is -0.474. The number of aryl methyl sites for hydroxylation is 1. The number of hydrogen-bond donors (Lipinski definition) is 1. The van der Waals surface area contributed by atoms with Gasteiger partial charge in [-0.1, -0.05) is 41.6 Å². The van der Waals surface area contributed by atoms with Gasteiger partial charge in [0.05, 0.1) is 34.9 Å². The van der Waals surface area contributed by atoms with Crippen LogP contribution >= 0.6 is 23.1 Å². The van der Waals surface area contributed by atoms with E-state index in [9.17, 15) is 9.59 Å². The standard InChI is InChI=1S/C25H21N3O4S2/c1-16-7-10-18(11-8-16)24(30)32-20-12-9-17(13-21(20)31-2)14-26-28-23(29)15-33-25-27-19-5-3-4-6-22(19)34-25/h3-14H,15H2,1-2H3,(H,28,29)/b26-14+. The molecular formula is C25H21N3O4S2. The summed E-state index contributed by atoms with van der Waals surface area (Å²) in [6.07, 6.45) is 1.49. The molecule has 1 N–H and O–H groups in total. The van der Waals surface area contributed by atoms with Gasteiger partial charge in [-0.3, -0.25) is 4.79 Å². The quantitative estimate of drug-likeness (QED) is 0.122. The Hall–Kier alpha value is -3.69. The zero-order chi connectivity index (χ0) is 23.9. The molecule has 4 rings (SSSR count). The summed E-state index contributed by atoms with van der Waals surface area (Å²) < 4.78 is 12.7. The lowest BCUT2D eigenvalue weighted by Gasteiger charge is -2.10. The number of hydrazone groups is 1. The Balaban J connectivity index is 1.32. The maximum Gasteiger partial charge on any atom is 0.343 e. The summed E-state index contributed by atoms with van der Waals surface area (Å²) in [6.45, 7) is 1.95. The van der Waals surface area contributed by atoms with Crippen LogP contribution in [-0.2, 0) is 4.79 Å². The lowest BCUT2D eigenvalue weighted by atomic mass is 10.1. The number of esters is 1. The van der Waals surface area contributed by atoms with Gasteiger partial charge in [0.2, 0.25) is 0 Å². The zero-order valence-corrected chi connectivity index (χ0v) is 20.1. The first-order chi connectivity index (χ1) is 16.5. The molecule has 0 aliphatic heterocycles. The predicted molar refractivity (Wildman–Crippen MR) is 135 cm³/mol. The fraction of sp³-hybridized carbons (Fsp3) is 0.120. The number of fused-ring (bicyclic) bond motifs is 1. The molecule has 0 radical (unpaired) electrons. The topological polar surface area (TPSA) is 89.9 Å². The zero-order valence-electron chi connectivity index (χ0n) is 18.5. The number of thioether (sulfide) groups is 1. The van der Waals surface area contributed by atoms with Crippen molar-refractivity contribution in [3.8, 4) is 11.5 Å². The highest BCUT2D eigenvalue weighted by Crippen LogP contribution is 2.29. The average Bonchev–Trinajstić information content (AvgIpc) is 3.27. The van der Waals surface area contributed by atoms with Gasteiger partial charge in [-0.05, 0) is 55.0 Å². The first kappa shape index (κ1) is 23.5. The number of amides is 1. The van der Waals surface area contributed by atoms with Gasteiger partial charge in [0.25, 0.3) is 5.91 Å². The van der Waals surface area contributed by atoms with E-state index in [1.165, 1.54) is 25.1 Å². The van der Waals surface area contributed by atoms with Crippen LogP contribution in [0, 0.1) is 6.92 Å². The molecule has 0 atom stereocenters. The Morgan fingerprint density at radius 2 is 1.88 bits per heavy atom. The molecule has 172 valence electrons. The van der Waals surface area contributed by atoms with Gasteiger partial charge in [0.15, 0.2) is 15.8 Å². The summed E-state index contributed by atoms with van der Waals surface area (Å²) in [7, 11) is 1.49. The third-order valence-electron chi connectivity index (χ3n) is 4.68. The summed E-state index contributed by atoms with van der Waals surface area (Å²) >= 11 is 2.92. The number of rotatable bonds is 8. The van der Waals surface area contributed by atoms with Crippen LogP contribution in [-0.4, -0.2) is 35.9 Å². The van der Waals surface area contributed by atoms with Crippen molar-refractivity contribution in [2.45, 2.75) is 11.3 Å². The van der Waals surface area contributed by atoms with Gasteiger partial charge in [-0.2, -0.15) is 5.10 Å². The van der Waals surface area contributed by atoms with Crippen LogP contribution in [0.15, 0.2) is 76.2 Å². The third-order valence-corrected chi connectivity index (χ3v) is 6.86. The number of carbonyl (C=O) groups is 2. The number of para-hydroxylation sites is 1. The molecule has 0 aliphatic rings. The monoisotopic (exact) mass is 491 g/mol. The molecule has 4 aromatic rings. The number of carbonyl (C=O) groups excluding carboxylic acids is 2. The summed E-state index contributed by atoms with van der Waals surface area (Å²) in [6, 6.07) is 20.0. The highest BCUT2D eigenvalue weighted by atomic mass is 32.2. The van der Waals surface area contributed by atoms with E-state index in [0.717, 1.165) is 20.1 Å². The van der Waals surface area contributed by atoms with E-state index < -0.39 is 5.97 Å². The van der Waals surface area contributed by atoms with E-state index >= 15 is 0 Å². The first-order valence-electron chi connectivity index (χ1n) is 10.3. The first-order valence-corrected chi connectivity index (χ1v) is 12.1. The van der Waals surface area contributed by atoms with Crippen LogP contribution in [0.3, 0.4) is 0 Å². The second-order valence-electron chi connectivity index (χ2n) is 7.20. The molecule has 1 heterocycles. The van der Waals surface area contributed by atoms with Crippen molar-refractivity contribution in [3.63, 3.8) is 0 Å². The van der Waals surface area contributed by atoms with Crippen molar-refractivity contribution < 1.29 is 19.1 Å². The molecule has 0 saturated carbocycles. The molecule has 0 unspecified atom stereocenters. The smallest absolute Gasteiger partial charge is 0.343 e. The molecule has 0 saturated heterocycles. The fourth-order valence-electron chi connectivity index (χ4n) is 2.95. The van der Waals surface area contributed by atoms with Crippen molar-refractivity contribution in [2.75, 3.05) is 12.9 Å². The van der Waals surface area contributed by atoms with Gasteiger partial charge in [-0.15, -0.1) is 11.3 Å². The number of benzene rings is 3. The molecule has 1 amide bonds. The third kappa shape index (κ3) is 6.00. The van der Waals surface area contributed by atoms with Crippen molar-refractivity contribution in [2.24, 2.45) is 5.10 Å². The van der Waals surface area contributed by atoms with E-state index in [1.807, 2.05) is 43.3 Å². The average molecular weight is 492 g/mol. The molecule has 1 aromatic heterocycles. The highest BCUT2D eigenvalue weighted by molar-refractivity contribution is 8.01. The molecular weight excluding hydrogens is 470 g/mol. The summed E-state index contributed by atoms with van der Waals surface area (Å²) in [4.78, 5) is 29.0. The van der Waals surface area contributed by atoms with Crippen molar-refractivity contribution in [1.82, 2.24) is 10.4 Å². The number of ether oxygens (including phenoxy) is 2.